The topological polar surface area (TPSA) is 85.2 Å². The Morgan fingerprint density at radius 1 is 1.27 bits per heavy atom. The second-order valence-corrected chi connectivity index (χ2v) is 10.3. The SMILES string of the molecule is CC(=O)c1nn(CC(=O)N2[C@@H]3C[C@@H]3C[C@H]2C(=O)CC[C@@H]2CC2(Cl)Cl)c2ncccc12. The predicted molar refractivity (Wildman–Crippen MR) is 111 cm³/mol. The average molecular weight is 449 g/mol. The maximum Gasteiger partial charge on any atom is 0.245 e. The van der Waals surface area contributed by atoms with Gasteiger partial charge in [0.2, 0.25) is 5.91 Å². The largest absolute Gasteiger partial charge is 0.328 e. The Bertz CT molecular complexity index is 1070. The van der Waals surface area contributed by atoms with Crippen molar-refractivity contribution < 1.29 is 14.4 Å². The summed E-state index contributed by atoms with van der Waals surface area (Å²) in [5.74, 6) is 0.324. The quantitative estimate of drug-likeness (QED) is 0.479. The van der Waals surface area contributed by atoms with Crippen LogP contribution in [0.5, 0.6) is 0 Å². The van der Waals surface area contributed by atoms with Crippen molar-refractivity contribution in [3.05, 3.63) is 24.0 Å². The van der Waals surface area contributed by atoms with Gasteiger partial charge in [-0.05, 0) is 49.7 Å². The van der Waals surface area contributed by atoms with Crippen LogP contribution in [0.15, 0.2) is 18.3 Å². The summed E-state index contributed by atoms with van der Waals surface area (Å²) >= 11 is 12.1. The average Bonchev–Trinajstić information content (AvgIpc) is 3.49. The number of fused-ring (bicyclic) bond motifs is 2. The highest BCUT2D eigenvalue weighted by Crippen LogP contribution is 2.55. The minimum atomic E-state index is -0.684. The predicted octanol–water partition coefficient (Wildman–Crippen LogP) is 3.17. The fourth-order valence-electron chi connectivity index (χ4n) is 4.76. The fraction of sp³-hybridized carbons (Fsp3) is 0.571. The van der Waals surface area contributed by atoms with Crippen LogP contribution < -0.4 is 0 Å². The van der Waals surface area contributed by atoms with Crippen molar-refractivity contribution in [1.29, 1.82) is 0 Å². The van der Waals surface area contributed by atoms with Crippen molar-refractivity contribution in [3.63, 3.8) is 0 Å². The third kappa shape index (κ3) is 3.42. The number of rotatable bonds is 7. The molecular formula is C21H22Cl2N4O3. The number of carbonyl (C=O) groups is 3. The van der Waals surface area contributed by atoms with Crippen molar-refractivity contribution >= 4 is 51.7 Å². The van der Waals surface area contributed by atoms with Crippen molar-refractivity contribution in [2.75, 3.05) is 0 Å². The van der Waals surface area contributed by atoms with Gasteiger partial charge in [-0.2, -0.15) is 5.10 Å². The molecule has 0 N–H and O–H groups in total. The zero-order valence-corrected chi connectivity index (χ0v) is 18.1. The van der Waals surface area contributed by atoms with Gasteiger partial charge in [-0.3, -0.25) is 14.4 Å². The molecule has 0 unspecified atom stereocenters. The lowest BCUT2D eigenvalue weighted by Gasteiger charge is -2.27. The summed E-state index contributed by atoms with van der Waals surface area (Å²) in [6.45, 7) is 1.41. The van der Waals surface area contributed by atoms with Crippen molar-refractivity contribution in [2.24, 2.45) is 11.8 Å². The summed E-state index contributed by atoms with van der Waals surface area (Å²) < 4.78 is 0.793. The van der Waals surface area contributed by atoms with Crippen LogP contribution in [-0.4, -0.2) is 53.6 Å². The Hall–Kier alpha value is -1.99. The molecule has 4 atom stereocenters. The van der Waals surface area contributed by atoms with E-state index in [1.165, 1.54) is 11.6 Å². The number of hydrogen-bond donors (Lipinski definition) is 0. The standard InChI is InChI=1S/C21H22Cl2N4O3/c1-11(28)19-14-3-2-6-24-20(14)26(25-19)10-18(30)27-15-7-12(15)8-16(27)17(29)5-4-13-9-21(13,22)23/h2-3,6,12-13,15-16H,4-5,7-10H2,1H3/t12-,13-,15-,16+/m1/s1. The summed E-state index contributed by atoms with van der Waals surface area (Å²) in [7, 11) is 0. The molecule has 3 aliphatic rings. The number of carbonyl (C=O) groups excluding carboxylic acids is 3. The number of alkyl halides is 2. The van der Waals surface area contributed by atoms with Crippen molar-refractivity contribution in [2.45, 2.75) is 62.0 Å². The van der Waals surface area contributed by atoms with E-state index < -0.39 is 4.33 Å². The molecule has 7 nitrogen and oxygen atoms in total. The highest BCUT2D eigenvalue weighted by atomic mass is 35.5. The molecular weight excluding hydrogens is 427 g/mol. The number of aromatic nitrogens is 3. The minimum Gasteiger partial charge on any atom is -0.328 e. The Balaban J connectivity index is 1.32. The molecule has 0 radical (unpaired) electrons. The second-order valence-electron chi connectivity index (χ2n) is 8.72. The van der Waals surface area contributed by atoms with Gasteiger partial charge in [0.15, 0.2) is 17.2 Å². The van der Waals surface area contributed by atoms with E-state index in [2.05, 4.69) is 10.1 Å². The third-order valence-corrected chi connectivity index (χ3v) is 7.51. The lowest BCUT2D eigenvalue weighted by atomic mass is 10.0. The molecule has 0 bridgehead atoms. The van der Waals surface area contributed by atoms with Crippen LogP contribution in [0.4, 0.5) is 0 Å². The molecule has 5 rings (SSSR count). The van der Waals surface area contributed by atoms with Gasteiger partial charge in [-0.1, -0.05) is 0 Å². The van der Waals surface area contributed by atoms with Gasteiger partial charge in [0.1, 0.15) is 16.6 Å². The molecule has 3 fully saturated rings. The molecule has 0 spiro atoms. The number of amides is 1. The van der Waals surface area contributed by atoms with Gasteiger partial charge >= 0.3 is 0 Å². The molecule has 1 saturated heterocycles. The first kappa shape index (κ1) is 19.9. The monoisotopic (exact) mass is 448 g/mol. The molecule has 2 aliphatic carbocycles. The Morgan fingerprint density at radius 3 is 2.73 bits per heavy atom. The van der Waals surface area contributed by atoms with Gasteiger partial charge in [0.05, 0.1) is 11.4 Å². The van der Waals surface area contributed by atoms with Gasteiger partial charge in [-0.25, -0.2) is 9.67 Å². The van der Waals surface area contributed by atoms with E-state index >= 15 is 0 Å². The van der Waals surface area contributed by atoms with Crippen LogP contribution in [-0.2, 0) is 16.1 Å². The lowest BCUT2D eigenvalue weighted by molar-refractivity contribution is -0.139. The minimum absolute atomic E-state index is 0.0388. The van der Waals surface area contributed by atoms with Crippen LogP contribution >= 0.6 is 23.2 Å². The number of piperidine rings is 1. The maximum atomic E-state index is 13.2. The third-order valence-electron chi connectivity index (χ3n) is 6.58. The Labute approximate surface area is 183 Å². The molecule has 2 aromatic heterocycles. The normalized spacial score (nSPS) is 28.4. The number of Topliss-reactive ketones (excluding diaryl/α,β-unsaturated/α-hetero) is 2. The van der Waals surface area contributed by atoms with E-state index in [1.54, 1.807) is 23.2 Å². The number of ketones is 2. The molecule has 2 saturated carbocycles. The maximum absolute atomic E-state index is 13.2. The number of hydrogen-bond acceptors (Lipinski definition) is 5. The molecule has 3 heterocycles. The first-order valence-electron chi connectivity index (χ1n) is 10.3. The van der Waals surface area contributed by atoms with E-state index in [0.717, 1.165) is 19.3 Å². The molecule has 9 heteroatoms. The van der Waals surface area contributed by atoms with Crippen molar-refractivity contribution in [1.82, 2.24) is 19.7 Å². The summed E-state index contributed by atoms with van der Waals surface area (Å²) in [6, 6.07) is 3.26. The summed E-state index contributed by atoms with van der Waals surface area (Å²) in [6.07, 6.45) is 5.06. The molecule has 2 aromatic rings. The molecule has 1 amide bonds. The molecule has 0 aromatic carbocycles. The van der Waals surface area contributed by atoms with Gasteiger partial charge in [0.25, 0.3) is 0 Å². The second kappa shape index (κ2) is 7.02. The van der Waals surface area contributed by atoms with E-state index in [4.69, 9.17) is 23.2 Å². The van der Waals surface area contributed by atoms with Crippen molar-refractivity contribution in [3.8, 4) is 0 Å². The number of nitrogens with zero attached hydrogens (tertiary/aromatic N) is 4. The number of likely N-dealkylation sites (tertiary alicyclic amines) is 1. The lowest BCUT2D eigenvalue weighted by Crippen LogP contribution is -2.44. The fourth-order valence-corrected chi connectivity index (χ4v) is 5.35. The van der Waals surface area contributed by atoms with Gasteiger partial charge < -0.3 is 4.90 Å². The summed E-state index contributed by atoms with van der Waals surface area (Å²) in [4.78, 5) is 44.1. The zero-order chi connectivity index (χ0) is 21.2. The van der Waals surface area contributed by atoms with E-state index in [-0.39, 0.29) is 42.0 Å². The van der Waals surface area contributed by atoms with E-state index in [1.807, 2.05) is 0 Å². The van der Waals surface area contributed by atoms with Crippen LogP contribution in [0.3, 0.4) is 0 Å². The number of halogens is 2. The summed E-state index contributed by atoms with van der Waals surface area (Å²) in [5, 5.41) is 4.97. The van der Waals surface area contributed by atoms with Gasteiger partial charge in [0, 0.05) is 25.6 Å². The first-order chi connectivity index (χ1) is 14.3. The van der Waals surface area contributed by atoms with Crippen LogP contribution in [0, 0.1) is 11.8 Å². The molecule has 1 aliphatic heterocycles. The van der Waals surface area contributed by atoms with Crippen LogP contribution in [0.25, 0.3) is 11.0 Å². The smallest absolute Gasteiger partial charge is 0.245 e. The highest BCUT2D eigenvalue weighted by molar-refractivity contribution is 6.50. The van der Waals surface area contributed by atoms with E-state index in [0.29, 0.717) is 35.5 Å². The zero-order valence-electron chi connectivity index (χ0n) is 16.6. The Kier molecular flexibility index (Phi) is 4.67. The molecule has 158 valence electrons. The summed E-state index contributed by atoms with van der Waals surface area (Å²) in [5.41, 5.74) is 0.805. The number of pyridine rings is 1. The highest BCUT2D eigenvalue weighted by Gasteiger charge is 2.56. The van der Waals surface area contributed by atoms with Crippen LogP contribution in [0.1, 0.15) is 49.5 Å². The van der Waals surface area contributed by atoms with E-state index in [9.17, 15) is 14.4 Å². The molecule has 30 heavy (non-hydrogen) atoms. The van der Waals surface area contributed by atoms with Crippen LogP contribution in [0.2, 0.25) is 0 Å². The Morgan fingerprint density at radius 2 is 2.03 bits per heavy atom. The van der Waals surface area contributed by atoms with Gasteiger partial charge in [-0.15, -0.1) is 23.2 Å². The first-order valence-corrected chi connectivity index (χ1v) is 11.1.